The molecule has 0 radical (unpaired) electrons. The van der Waals surface area contributed by atoms with Crippen molar-refractivity contribution in [3.05, 3.63) is 113 Å². The molecular weight excluding hydrogens is 538 g/mol. The van der Waals surface area contributed by atoms with Crippen LogP contribution in [0.4, 0.5) is 4.79 Å². The summed E-state index contributed by atoms with van der Waals surface area (Å²) >= 11 is 6.58. The fourth-order valence-electron chi connectivity index (χ4n) is 4.75. The molecule has 4 rings (SSSR count). The molecular formula is C32H36ClN5O3. The first-order valence-corrected chi connectivity index (χ1v) is 14.2. The van der Waals surface area contributed by atoms with Gasteiger partial charge in [-0.25, -0.2) is 9.80 Å². The maximum Gasteiger partial charge on any atom is 0.332 e. The van der Waals surface area contributed by atoms with Gasteiger partial charge in [-0.2, -0.15) is 0 Å². The molecule has 1 heterocycles. The zero-order valence-electron chi connectivity index (χ0n) is 23.3. The van der Waals surface area contributed by atoms with Gasteiger partial charge in [0.25, 0.3) is 0 Å². The summed E-state index contributed by atoms with van der Waals surface area (Å²) in [4.78, 5) is 42.3. The predicted molar refractivity (Wildman–Crippen MR) is 162 cm³/mol. The molecule has 4 amide bonds. The maximum absolute atomic E-state index is 14.0. The number of nitrogens with zero attached hydrogens (tertiary/aromatic N) is 3. The topological polar surface area (TPSA) is 85.0 Å². The van der Waals surface area contributed by atoms with Crippen molar-refractivity contribution in [2.75, 3.05) is 26.2 Å². The summed E-state index contributed by atoms with van der Waals surface area (Å²) in [5.74, 6) is -0.592. The minimum atomic E-state index is -0.874. The molecule has 8 nitrogen and oxygen atoms in total. The van der Waals surface area contributed by atoms with Crippen LogP contribution in [0.3, 0.4) is 0 Å². The van der Waals surface area contributed by atoms with Gasteiger partial charge in [0, 0.05) is 37.7 Å². The van der Waals surface area contributed by atoms with Gasteiger partial charge in [-0.15, -0.1) is 0 Å². The van der Waals surface area contributed by atoms with Crippen molar-refractivity contribution in [2.24, 2.45) is 0 Å². The zero-order valence-corrected chi connectivity index (χ0v) is 24.0. The Bertz CT molecular complexity index is 1350. The molecule has 0 bridgehead atoms. The van der Waals surface area contributed by atoms with E-state index in [0.717, 1.165) is 16.7 Å². The van der Waals surface area contributed by atoms with Gasteiger partial charge in [0.15, 0.2) is 0 Å². The third-order valence-electron chi connectivity index (χ3n) is 6.92. The van der Waals surface area contributed by atoms with E-state index in [0.29, 0.717) is 30.1 Å². The number of carbonyl (C=O) groups is 3. The molecule has 9 heteroatoms. The largest absolute Gasteiger partial charge is 0.339 e. The minimum Gasteiger partial charge on any atom is -0.339 e. The summed E-state index contributed by atoms with van der Waals surface area (Å²) in [6, 6.07) is 23.2. The standard InChI is InChI=1S/C32H36ClN5O3/c1-3-17-38(32(41)34-21-25-11-7-5-8-12-25)37-19-18-36(22-27-16-15-24(4-2)20-28(27)33)31(40)30(35-29(39)23-37)26-13-9-6-10-14-26/h4-16,20,30H,2-3,17-19,21-23H2,1H3,(H,34,41)(H,35,39)/t30-/m0/s1. The lowest BCUT2D eigenvalue weighted by Crippen LogP contribution is -2.54. The quantitative estimate of drug-likeness (QED) is 0.376. The highest BCUT2D eigenvalue weighted by Gasteiger charge is 2.33. The van der Waals surface area contributed by atoms with E-state index in [1.165, 1.54) is 0 Å². The molecule has 3 aromatic carbocycles. The Labute approximate surface area is 246 Å². The van der Waals surface area contributed by atoms with E-state index in [4.69, 9.17) is 11.6 Å². The van der Waals surface area contributed by atoms with Crippen LogP contribution in [0.5, 0.6) is 0 Å². The fraction of sp³-hybridized carbons (Fsp3) is 0.281. The monoisotopic (exact) mass is 573 g/mol. The number of hydrogen-bond donors (Lipinski definition) is 2. The maximum atomic E-state index is 14.0. The van der Waals surface area contributed by atoms with Crippen LogP contribution in [-0.4, -0.2) is 58.9 Å². The molecule has 1 fully saturated rings. The number of amides is 4. The summed E-state index contributed by atoms with van der Waals surface area (Å²) in [7, 11) is 0. The molecule has 0 aliphatic carbocycles. The van der Waals surface area contributed by atoms with Gasteiger partial charge in [-0.1, -0.05) is 104 Å². The number of hydrazine groups is 1. The number of nitrogens with one attached hydrogen (secondary N) is 2. The molecule has 1 saturated heterocycles. The first-order valence-electron chi connectivity index (χ1n) is 13.8. The van der Waals surface area contributed by atoms with Gasteiger partial charge >= 0.3 is 6.03 Å². The van der Waals surface area contributed by atoms with Gasteiger partial charge in [-0.3, -0.25) is 14.6 Å². The molecule has 3 aromatic rings. The Kier molecular flexibility index (Phi) is 10.5. The lowest BCUT2D eigenvalue weighted by Gasteiger charge is -2.35. The Morgan fingerprint density at radius 1 is 1.07 bits per heavy atom. The van der Waals surface area contributed by atoms with Crippen molar-refractivity contribution < 1.29 is 14.4 Å². The van der Waals surface area contributed by atoms with E-state index < -0.39 is 6.04 Å². The molecule has 1 aliphatic rings. The van der Waals surface area contributed by atoms with Gasteiger partial charge in [0.05, 0.1) is 6.54 Å². The van der Waals surface area contributed by atoms with Crippen LogP contribution in [-0.2, 0) is 22.7 Å². The first kappa shape index (κ1) is 29.8. The highest BCUT2D eigenvalue weighted by atomic mass is 35.5. The van der Waals surface area contributed by atoms with Gasteiger partial charge in [0.2, 0.25) is 11.8 Å². The molecule has 0 aromatic heterocycles. The molecule has 0 unspecified atom stereocenters. The average molecular weight is 574 g/mol. The fourth-order valence-corrected chi connectivity index (χ4v) is 5.00. The Morgan fingerprint density at radius 3 is 2.44 bits per heavy atom. The Morgan fingerprint density at radius 2 is 1.78 bits per heavy atom. The second-order valence-corrected chi connectivity index (χ2v) is 10.3. The third-order valence-corrected chi connectivity index (χ3v) is 7.27. The summed E-state index contributed by atoms with van der Waals surface area (Å²) in [5, 5.41) is 9.70. The Hall–Kier alpha value is -4.14. The summed E-state index contributed by atoms with van der Waals surface area (Å²) in [6.45, 7) is 7.28. The van der Waals surface area contributed by atoms with Crippen molar-refractivity contribution in [1.82, 2.24) is 25.6 Å². The van der Waals surface area contributed by atoms with Crippen LogP contribution in [0.15, 0.2) is 85.4 Å². The van der Waals surface area contributed by atoms with Crippen molar-refractivity contribution in [2.45, 2.75) is 32.5 Å². The lowest BCUT2D eigenvalue weighted by atomic mass is 10.0. The minimum absolute atomic E-state index is 0.0714. The number of halogens is 1. The van der Waals surface area contributed by atoms with Crippen LogP contribution in [0.2, 0.25) is 5.02 Å². The van der Waals surface area contributed by atoms with Crippen LogP contribution < -0.4 is 10.6 Å². The van der Waals surface area contributed by atoms with Crippen molar-refractivity contribution in [3.63, 3.8) is 0 Å². The highest BCUT2D eigenvalue weighted by molar-refractivity contribution is 6.31. The van der Waals surface area contributed by atoms with E-state index in [1.54, 1.807) is 21.0 Å². The zero-order chi connectivity index (χ0) is 29.2. The van der Waals surface area contributed by atoms with Crippen LogP contribution >= 0.6 is 11.6 Å². The molecule has 1 aliphatic heterocycles. The van der Waals surface area contributed by atoms with E-state index in [2.05, 4.69) is 17.2 Å². The number of hydrogen-bond acceptors (Lipinski definition) is 4. The van der Waals surface area contributed by atoms with Gasteiger partial charge < -0.3 is 15.5 Å². The number of urea groups is 1. The van der Waals surface area contributed by atoms with Crippen LogP contribution in [0.25, 0.3) is 6.08 Å². The molecule has 41 heavy (non-hydrogen) atoms. The van der Waals surface area contributed by atoms with Crippen molar-refractivity contribution in [3.8, 4) is 0 Å². The normalized spacial score (nSPS) is 16.2. The second kappa shape index (κ2) is 14.5. The van der Waals surface area contributed by atoms with Crippen molar-refractivity contribution >= 4 is 35.5 Å². The summed E-state index contributed by atoms with van der Waals surface area (Å²) < 4.78 is 0. The Balaban J connectivity index is 1.61. The smallest absolute Gasteiger partial charge is 0.332 e. The lowest BCUT2D eigenvalue weighted by molar-refractivity contribution is -0.136. The number of benzene rings is 3. The second-order valence-electron chi connectivity index (χ2n) is 9.88. The SMILES string of the molecule is C=Cc1ccc(CN2CCN(N(CCC)C(=O)NCc3ccccc3)CC(=O)N[C@@H](c3ccccc3)C2=O)c(Cl)c1. The number of carbonyl (C=O) groups excluding carboxylic acids is 3. The average Bonchev–Trinajstić information content (AvgIpc) is 3.05. The third kappa shape index (κ3) is 7.96. The van der Waals surface area contributed by atoms with Gasteiger partial charge in [0.1, 0.15) is 6.04 Å². The molecule has 0 spiro atoms. The van der Waals surface area contributed by atoms with Crippen LogP contribution in [0.1, 0.15) is 41.6 Å². The summed E-state index contributed by atoms with van der Waals surface area (Å²) in [5.41, 5.74) is 3.32. The van der Waals surface area contributed by atoms with E-state index in [9.17, 15) is 14.4 Å². The molecule has 0 saturated carbocycles. The predicted octanol–water partition coefficient (Wildman–Crippen LogP) is 5.02. The first-order chi connectivity index (χ1) is 19.9. The summed E-state index contributed by atoms with van der Waals surface area (Å²) in [6.07, 6.45) is 2.41. The van der Waals surface area contributed by atoms with Gasteiger partial charge in [-0.05, 0) is 34.7 Å². The highest BCUT2D eigenvalue weighted by Crippen LogP contribution is 2.24. The molecule has 214 valence electrons. The van der Waals surface area contributed by atoms with E-state index >= 15 is 0 Å². The number of rotatable bonds is 9. The van der Waals surface area contributed by atoms with Crippen molar-refractivity contribution in [1.29, 1.82) is 0 Å². The molecule has 2 N–H and O–H groups in total. The van der Waals surface area contributed by atoms with Crippen LogP contribution in [0, 0.1) is 0 Å². The van der Waals surface area contributed by atoms with E-state index in [-0.39, 0.29) is 44.0 Å². The van der Waals surface area contributed by atoms with E-state index in [1.807, 2.05) is 85.8 Å². The molecule has 1 atom stereocenters.